The zero-order valence-corrected chi connectivity index (χ0v) is 15.4. The number of halogens is 1. The highest BCUT2D eigenvalue weighted by Gasteiger charge is 2.19. The van der Waals surface area contributed by atoms with Crippen LogP contribution >= 0.6 is 10.0 Å². The van der Waals surface area contributed by atoms with Crippen molar-refractivity contribution in [2.24, 2.45) is 0 Å². The molecule has 2 aromatic carbocycles. The van der Waals surface area contributed by atoms with Crippen molar-refractivity contribution in [1.82, 2.24) is 4.98 Å². The lowest BCUT2D eigenvalue weighted by Gasteiger charge is -2.27. The molecule has 0 spiro atoms. The largest absolute Gasteiger partial charge is 0.507 e. The number of carbonyl (C=O) groups is 1. The summed E-state index contributed by atoms with van der Waals surface area (Å²) >= 11 is 0. The Kier molecular flexibility index (Phi) is 4.50. The van der Waals surface area contributed by atoms with Gasteiger partial charge >= 0.3 is 0 Å². The number of aromatic amines is 1. The summed E-state index contributed by atoms with van der Waals surface area (Å²) in [4.78, 5) is 28.3. The van der Waals surface area contributed by atoms with Gasteiger partial charge in [0.15, 0.2) is 0 Å². The van der Waals surface area contributed by atoms with Crippen LogP contribution in [0.15, 0.2) is 52.3 Å². The number of para-hydroxylation sites is 1. The average Bonchev–Trinajstić information content (AvgIpc) is 2.57. The van der Waals surface area contributed by atoms with Crippen molar-refractivity contribution in [3.05, 3.63) is 64.2 Å². The van der Waals surface area contributed by atoms with Crippen molar-refractivity contribution in [2.75, 3.05) is 24.1 Å². The normalized spacial score (nSPS) is 12.2. The maximum absolute atomic E-state index is 14.4. The zero-order valence-electron chi connectivity index (χ0n) is 14.6. The highest BCUT2D eigenvalue weighted by molar-refractivity contribution is 8.32. The third-order valence-corrected chi connectivity index (χ3v) is 5.64. The van der Waals surface area contributed by atoms with E-state index in [2.05, 4.69) is 10.3 Å². The Morgan fingerprint density at radius 1 is 1.19 bits per heavy atom. The number of aromatic hydroxyl groups is 1. The number of H-pyrrole nitrogens is 1. The molecule has 136 valence electrons. The number of hydrogen-bond donors (Lipinski definition) is 3. The summed E-state index contributed by atoms with van der Waals surface area (Å²) in [5.41, 5.74) is -0.145. The highest BCUT2D eigenvalue weighted by Crippen LogP contribution is 2.50. The third kappa shape index (κ3) is 3.30. The maximum atomic E-state index is 14.4. The lowest BCUT2D eigenvalue weighted by atomic mass is 10.1. The van der Waals surface area contributed by atoms with Crippen molar-refractivity contribution >= 4 is 32.5 Å². The average molecular weight is 374 g/mol. The topological polar surface area (TPSA) is 82.2 Å². The van der Waals surface area contributed by atoms with E-state index in [0.717, 1.165) is 0 Å². The first kappa shape index (κ1) is 18.0. The number of nitrogens with one attached hydrogen (secondary N) is 2. The maximum Gasteiger partial charge on any atom is 0.261 e. The number of fused-ring (bicyclic) bond motifs is 1. The van der Waals surface area contributed by atoms with Crippen LogP contribution in [-0.4, -0.2) is 34.8 Å². The minimum Gasteiger partial charge on any atom is -0.507 e. The number of carbonyl (C=O) groups excluding carboxylic acids is 1. The number of rotatable bonds is 3. The first-order valence-electron chi connectivity index (χ1n) is 7.81. The Morgan fingerprint density at radius 3 is 2.58 bits per heavy atom. The second-order valence-electron chi connectivity index (χ2n) is 6.67. The molecule has 0 aliphatic rings. The van der Waals surface area contributed by atoms with Crippen LogP contribution < -0.4 is 10.7 Å². The second kappa shape index (κ2) is 6.49. The molecule has 0 aliphatic carbocycles. The van der Waals surface area contributed by atoms with Gasteiger partial charge in [-0.15, -0.1) is 0 Å². The predicted molar refractivity (Wildman–Crippen MR) is 104 cm³/mol. The van der Waals surface area contributed by atoms with Gasteiger partial charge in [-0.3, -0.25) is 9.59 Å². The fourth-order valence-corrected chi connectivity index (χ4v) is 3.80. The molecular formula is C19H19FN2O3S. The number of phenols is 1. The van der Waals surface area contributed by atoms with Gasteiger partial charge < -0.3 is 15.4 Å². The lowest BCUT2D eigenvalue weighted by Crippen LogP contribution is -2.22. The van der Waals surface area contributed by atoms with E-state index < -0.39 is 27.2 Å². The SMILES string of the molecule is CS(C)(C)c1cc(F)c(NC(=O)c2c[nH]c3ccccc3c2=O)cc1O. The Morgan fingerprint density at radius 2 is 1.88 bits per heavy atom. The summed E-state index contributed by atoms with van der Waals surface area (Å²) in [7, 11) is -1.34. The molecule has 1 heterocycles. The zero-order chi connectivity index (χ0) is 19.1. The van der Waals surface area contributed by atoms with E-state index in [0.29, 0.717) is 15.8 Å². The molecule has 0 saturated carbocycles. The molecular weight excluding hydrogens is 355 g/mol. The number of phenolic OH excluding ortho intramolecular Hbond substituents is 1. The first-order valence-corrected chi connectivity index (χ1v) is 10.7. The number of amides is 1. The molecule has 1 aromatic heterocycles. The monoisotopic (exact) mass is 374 g/mol. The van der Waals surface area contributed by atoms with Gasteiger partial charge in [-0.25, -0.2) is 14.4 Å². The molecule has 0 atom stereocenters. The predicted octanol–water partition coefficient (Wildman–Crippen LogP) is 3.68. The van der Waals surface area contributed by atoms with Crippen LogP contribution in [-0.2, 0) is 0 Å². The Hall–Kier alpha value is -2.80. The quantitative estimate of drug-likeness (QED) is 0.654. The standard InChI is InChI=1S/C19H19FN2O3S/c1-26(2,3)17-8-13(20)15(9-16(17)23)22-19(25)12-10-21-14-7-5-4-6-11(14)18(12)24/h4-10,23H,1-3H3,(H,21,24)(H,22,25). The molecule has 26 heavy (non-hydrogen) atoms. The summed E-state index contributed by atoms with van der Waals surface area (Å²) in [5, 5.41) is 12.9. The summed E-state index contributed by atoms with van der Waals surface area (Å²) in [5.74, 6) is -1.49. The smallest absolute Gasteiger partial charge is 0.261 e. The fraction of sp³-hybridized carbons (Fsp3) is 0.158. The number of anilines is 1. The van der Waals surface area contributed by atoms with E-state index >= 15 is 0 Å². The van der Waals surface area contributed by atoms with Gasteiger partial charge in [0.05, 0.1) is 5.69 Å². The van der Waals surface area contributed by atoms with Gasteiger partial charge in [-0.05, 0) is 37.0 Å². The minimum atomic E-state index is -1.34. The third-order valence-electron chi connectivity index (χ3n) is 3.99. The van der Waals surface area contributed by atoms with Gasteiger partial charge in [-0.1, -0.05) is 12.1 Å². The Labute approximate surface area is 151 Å². The van der Waals surface area contributed by atoms with Crippen molar-refractivity contribution in [1.29, 1.82) is 0 Å². The summed E-state index contributed by atoms with van der Waals surface area (Å²) in [6, 6.07) is 9.21. The number of pyridine rings is 1. The van der Waals surface area contributed by atoms with Crippen LogP contribution in [0.1, 0.15) is 10.4 Å². The molecule has 0 fully saturated rings. The first-order chi connectivity index (χ1) is 12.2. The van der Waals surface area contributed by atoms with Crippen LogP contribution in [0.3, 0.4) is 0 Å². The van der Waals surface area contributed by atoms with E-state index in [1.165, 1.54) is 18.3 Å². The molecule has 0 unspecified atom stereocenters. The number of hydrogen-bond acceptors (Lipinski definition) is 3. The van der Waals surface area contributed by atoms with Crippen molar-refractivity contribution < 1.29 is 14.3 Å². The molecule has 7 heteroatoms. The molecule has 5 nitrogen and oxygen atoms in total. The van der Waals surface area contributed by atoms with Crippen LogP contribution in [0.5, 0.6) is 5.75 Å². The lowest BCUT2D eigenvalue weighted by molar-refractivity contribution is 0.102. The van der Waals surface area contributed by atoms with E-state index in [1.54, 1.807) is 24.3 Å². The van der Waals surface area contributed by atoms with Crippen LogP contribution in [0.2, 0.25) is 0 Å². The summed E-state index contributed by atoms with van der Waals surface area (Å²) < 4.78 is 14.4. The van der Waals surface area contributed by atoms with Crippen LogP contribution in [0.25, 0.3) is 10.9 Å². The molecule has 3 aromatic rings. The number of benzene rings is 2. The van der Waals surface area contributed by atoms with Gasteiger partial charge in [0.1, 0.15) is 17.1 Å². The van der Waals surface area contributed by atoms with E-state index in [-0.39, 0.29) is 17.0 Å². The highest BCUT2D eigenvalue weighted by atomic mass is 32.3. The summed E-state index contributed by atoms with van der Waals surface area (Å²) in [6.45, 7) is 0. The molecule has 1 amide bonds. The van der Waals surface area contributed by atoms with E-state index in [4.69, 9.17) is 0 Å². The van der Waals surface area contributed by atoms with Crippen molar-refractivity contribution in [3.8, 4) is 5.75 Å². The van der Waals surface area contributed by atoms with E-state index in [1.807, 2.05) is 18.8 Å². The van der Waals surface area contributed by atoms with E-state index in [9.17, 15) is 19.1 Å². The molecule has 3 N–H and O–H groups in total. The van der Waals surface area contributed by atoms with Crippen LogP contribution in [0.4, 0.5) is 10.1 Å². The fourth-order valence-electron chi connectivity index (χ4n) is 2.66. The van der Waals surface area contributed by atoms with Gasteiger partial charge in [0.2, 0.25) is 5.43 Å². The minimum absolute atomic E-state index is 0.0865. The Balaban J connectivity index is 1.98. The Bertz CT molecular complexity index is 1070. The second-order valence-corrected chi connectivity index (χ2v) is 10.8. The molecule has 3 rings (SSSR count). The van der Waals surface area contributed by atoms with Gasteiger partial charge in [-0.2, -0.15) is 0 Å². The molecule has 0 bridgehead atoms. The molecule has 0 saturated heterocycles. The molecule has 0 aliphatic heterocycles. The van der Waals surface area contributed by atoms with Gasteiger partial charge in [0.25, 0.3) is 5.91 Å². The van der Waals surface area contributed by atoms with Crippen LogP contribution in [0, 0.1) is 5.82 Å². The van der Waals surface area contributed by atoms with Gasteiger partial charge in [0, 0.05) is 28.1 Å². The number of aromatic nitrogens is 1. The van der Waals surface area contributed by atoms with Crippen molar-refractivity contribution in [2.45, 2.75) is 4.90 Å². The molecule has 0 radical (unpaired) electrons. The van der Waals surface area contributed by atoms with Crippen molar-refractivity contribution in [3.63, 3.8) is 0 Å². The summed E-state index contributed by atoms with van der Waals surface area (Å²) in [6.07, 6.45) is 7.07.